The summed E-state index contributed by atoms with van der Waals surface area (Å²) in [5, 5.41) is 0. The Labute approximate surface area is 75.1 Å². The van der Waals surface area contributed by atoms with E-state index in [0.29, 0.717) is 0 Å². The van der Waals surface area contributed by atoms with Crippen LogP contribution in [0.5, 0.6) is 0 Å². The largest absolute Gasteiger partial charge is 0.419 e. The number of rotatable bonds is 4. The third kappa shape index (κ3) is 2.83. The van der Waals surface area contributed by atoms with Gasteiger partial charge in [0.25, 0.3) is 0 Å². The molecule has 0 saturated heterocycles. The van der Waals surface area contributed by atoms with E-state index < -0.39 is 24.1 Å². The second-order valence-electron chi connectivity index (χ2n) is 3.46. The van der Waals surface area contributed by atoms with Crippen LogP contribution >= 0.6 is 0 Å². The summed E-state index contributed by atoms with van der Waals surface area (Å²) in [6, 6.07) is 0. The van der Waals surface area contributed by atoms with Crippen LogP contribution in [0.25, 0.3) is 0 Å². The first-order valence-electron chi connectivity index (χ1n) is 4.04. The van der Waals surface area contributed by atoms with Crippen LogP contribution in [-0.2, 0) is 4.74 Å². The second-order valence-corrected chi connectivity index (χ2v) is 3.46. The lowest BCUT2D eigenvalue weighted by Crippen LogP contribution is -2.47. The van der Waals surface area contributed by atoms with Gasteiger partial charge in [0, 0.05) is 5.92 Å². The fourth-order valence-electron chi connectivity index (χ4n) is 0.711. The standard InChI is InChI=1S/C8H14F4O/c1-5(2)7(9,10)8(11,12)13-6(3)4/h5-6H,1-4H3. The first-order chi connectivity index (χ1) is 5.61. The highest BCUT2D eigenvalue weighted by atomic mass is 19.3. The zero-order valence-corrected chi connectivity index (χ0v) is 8.07. The lowest BCUT2D eigenvalue weighted by atomic mass is 10.1. The fourth-order valence-corrected chi connectivity index (χ4v) is 0.711. The summed E-state index contributed by atoms with van der Waals surface area (Å²) in [7, 11) is 0. The molecule has 0 aliphatic carbocycles. The van der Waals surface area contributed by atoms with Crippen LogP contribution in [0.3, 0.4) is 0 Å². The molecule has 0 heterocycles. The van der Waals surface area contributed by atoms with Gasteiger partial charge in [-0.1, -0.05) is 13.8 Å². The quantitative estimate of drug-likeness (QED) is 0.635. The number of alkyl halides is 4. The van der Waals surface area contributed by atoms with Gasteiger partial charge >= 0.3 is 12.0 Å². The summed E-state index contributed by atoms with van der Waals surface area (Å²) >= 11 is 0. The molecule has 0 unspecified atom stereocenters. The molecule has 0 atom stereocenters. The molecule has 0 spiro atoms. The minimum Gasteiger partial charge on any atom is -0.313 e. The second kappa shape index (κ2) is 3.82. The van der Waals surface area contributed by atoms with Gasteiger partial charge in [0.1, 0.15) is 0 Å². The Hall–Kier alpha value is -0.320. The highest BCUT2D eigenvalue weighted by Gasteiger charge is 2.60. The average Bonchev–Trinajstić information content (AvgIpc) is 1.83. The smallest absolute Gasteiger partial charge is 0.313 e. The van der Waals surface area contributed by atoms with Crippen LogP contribution < -0.4 is 0 Å². The van der Waals surface area contributed by atoms with Gasteiger partial charge < -0.3 is 4.74 Å². The monoisotopic (exact) mass is 202 g/mol. The summed E-state index contributed by atoms with van der Waals surface area (Å²) in [6.07, 6.45) is -5.32. The Balaban J connectivity index is 4.60. The maximum absolute atomic E-state index is 12.8. The Morgan fingerprint density at radius 2 is 1.31 bits per heavy atom. The predicted molar refractivity (Wildman–Crippen MR) is 41.0 cm³/mol. The molecule has 0 aromatic rings. The maximum atomic E-state index is 12.8. The molecule has 0 bridgehead atoms. The van der Waals surface area contributed by atoms with Crippen molar-refractivity contribution >= 4 is 0 Å². The zero-order valence-electron chi connectivity index (χ0n) is 8.07. The Kier molecular flexibility index (Phi) is 3.72. The van der Waals surface area contributed by atoms with Gasteiger partial charge in [0.15, 0.2) is 0 Å². The van der Waals surface area contributed by atoms with E-state index >= 15 is 0 Å². The van der Waals surface area contributed by atoms with Gasteiger partial charge in [-0.05, 0) is 13.8 Å². The molecule has 80 valence electrons. The van der Waals surface area contributed by atoms with Crippen LogP contribution in [0.15, 0.2) is 0 Å². The molecular formula is C8H14F4O. The summed E-state index contributed by atoms with van der Waals surface area (Å²) in [5.74, 6) is -5.58. The van der Waals surface area contributed by atoms with Gasteiger partial charge in [-0.2, -0.15) is 17.6 Å². The van der Waals surface area contributed by atoms with Gasteiger partial charge in [0.2, 0.25) is 0 Å². The van der Waals surface area contributed by atoms with E-state index in [9.17, 15) is 17.6 Å². The average molecular weight is 202 g/mol. The van der Waals surface area contributed by atoms with Crippen molar-refractivity contribution in [1.82, 2.24) is 0 Å². The molecule has 0 fully saturated rings. The Morgan fingerprint density at radius 3 is 1.54 bits per heavy atom. The van der Waals surface area contributed by atoms with Crippen LogP contribution in [0, 0.1) is 5.92 Å². The van der Waals surface area contributed by atoms with Crippen molar-refractivity contribution in [2.75, 3.05) is 0 Å². The summed E-state index contributed by atoms with van der Waals surface area (Å²) in [5.41, 5.74) is 0. The molecule has 13 heavy (non-hydrogen) atoms. The zero-order chi connectivity index (χ0) is 10.9. The van der Waals surface area contributed by atoms with E-state index in [0.717, 1.165) is 13.8 Å². The third-order valence-corrected chi connectivity index (χ3v) is 1.50. The summed E-state index contributed by atoms with van der Waals surface area (Å²) < 4.78 is 55.0. The van der Waals surface area contributed by atoms with Crippen molar-refractivity contribution < 1.29 is 22.3 Å². The molecule has 0 aliphatic rings. The molecular weight excluding hydrogens is 188 g/mol. The van der Waals surface area contributed by atoms with E-state index in [1.807, 2.05) is 0 Å². The normalized spacial score (nSPS) is 14.3. The first kappa shape index (κ1) is 12.7. The lowest BCUT2D eigenvalue weighted by molar-refractivity contribution is -0.369. The van der Waals surface area contributed by atoms with E-state index in [4.69, 9.17) is 0 Å². The first-order valence-corrected chi connectivity index (χ1v) is 4.04. The molecule has 0 amide bonds. The molecule has 0 rings (SSSR count). The third-order valence-electron chi connectivity index (χ3n) is 1.50. The SMILES string of the molecule is CC(C)OC(F)(F)C(F)(F)C(C)C. The predicted octanol–water partition coefficient (Wildman–Crippen LogP) is 3.30. The molecule has 0 aromatic heterocycles. The van der Waals surface area contributed by atoms with Crippen molar-refractivity contribution in [2.45, 2.75) is 45.8 Å². The lowest BCUT2D eigenvalue weighted by Gasteiger charge is -2.30. The summed E-state index contributed by atoms with van der Waals surface area (Å²) in [4.78, 5) is 0. The molecule has 0 N–H and O–H groups in total. The Morgan fingerprint density at radius 1 is 0.923 bits per heavy atom. The van der Waals surface area contributed by atoms with Gasteiger partial charge in [-0.25, -0.2) is 0 Å². The van der Waals surface area contributed by atoms with Crippen molar-refractivity contribution in [2.24, 2.45) is 5.92 Å². The van der Waals surface area contributed by atoms with E-state index in [1.165, 1.54) is 13.8 Å². The fraction of sp³-hybridized carbons (Fsp3) is 1.00. The van der Waals surface area contributed by atoms with Gasteiger partial charge in [0.05, 0.1) is 6.10 Å². The number of hydrogen-bond donors (Lipinski definition) is 0. The topological polar surface area (TPSA) is 9.23 Å². The number of ether oxygens (including phenoxy) is 1. The van der Waals surface area contributed by atoms with Crippen molar-refractivity contribution in [3.05, 3.63) is 0 Å². The van der Waals surface area contributed by atoms with Crippen molar-refractivity contribution in [3.63, 3.8) is 0 Å². The van der Waals surface area contributed by atoms with Crippen LogP contribution in [0.4, 0.5) is 17.6 Å². The molecule has 0 aromatic carbocycles. The number of halogens is 4. The number of hydrogen-bond acceptors (Lipinski definition) is 1. The van der Waals surface area contributed by atoms with E-state index in [-0.39, 0.29) is 0 Å². The van der Waals surface area contributed by atoms with Crippen molar-refractivity contribution in [3.8, 4) is 0 Å². The van der Waals surface area contributed by atoms with Crippen LogP contribution in [-0.4, -0.2) is 18.1 Å². The highest BCUT2D eigenvalue weighted by Crippen LogP contribution is 2.41. The molecule has 0 radical (unpaired) electrons. The summed E-state index contributed by atoms with van der Waals surface area (Å²) in [6.45, 7) is 4.61. The Bertz CT molecular complexity index is 166. The molecule has 5 heteroatoms. The molecule has 0 aliphatic heterocycles. The van der Waals surface area contributed by atoms with E-state index in [1.54, 1.807) is 0 Å². The van der Waals surface area contributed by atoms with Crippen LogP contribution in [0.2, 0.25) is 0 Å². The van der Waals surface area contributed by atoms with Gasteiger partial charge in [-0.3, -0.25) is 0 Å². The minimum absolute atomic E-state index is 0.931. The van der Waals surface area contributed by atoms with Crippen LogP contribution in [0.1, 0.15) is 27.7 Å². The van der Waals surface area contributed by atoms with Gasteiger partial charge in [-0.15, -0.1) is 0 Å². The molecule has 0 saturated carbocycles. The minimum atomic E-state index is -4.39. The van der Waals surface area contributed by atoms with E-state index in [2.05, 4.69) is 4.74 Å². The molecule has 1 nitrogen and oxygen atoms in total. The highest BCUT2D eigenvalue weighted by molar-refractivity contribution is 4.80. The maximum Gasteiger partial charge on any atom is 0.419 e. The van der Waals surface area contributed by atoms with Crippen molar-refractivity contribution in [1.29, 1.82) is 0 Å².